The molecule has 1 amide bonds. The van der Waals surface area contributed by atoms with E-state index in [1.165, 1.54) is 0 Å². The molecule has 0 saturated carbocycles. The molecule has 1 saturated heterocycles. The first kappa shape index (κ1) is 18.2. The fourth-order valence-corrected chi connectivity index (χ4v) is 2.90. The highest BCUT2D eigenvalue weighted by Gasteiger charge is 2.30. The van der Waals surface area contributed by atoms with Crippen LogP contribution in [0.4, 0.5) is 4.79 Å². The second-order valence-corrected chi connectivity index (χ2v) is 7.76. The van der Waals surface area contributed by atoms with Crippen LogP contribution in [-0.4, -0.2) is 40.7 Å². The van der Waals surface area contributed by atoms with Gasteiger partial charge >= 0.3 is 6.09 Å². The number of amides is 1. The summed E-state index contributed by atoms with van der Waals surface area (Å²) < 4.78 is 6.37. The SMILES string of the molecule is CC(C)(C)OC(=O)N1CCCCC1CNCc1ccc(Br)nc1. The first-order chi connectivity index (χ1) is 10.8. The number of aromatic nitrogens is 1. The van der Waals surface area contributed by atoms with Gasteiger partial charge in [0.2, 0.25) is 0 Å². The monoisotopic (exact) mass is 383 g/mol. The van der Waals surface area contributed by atoms with E-state index < -0.39 is 5.60 Å². The van der Waals surface area contributed by atoms with E-state index in [9.17, 15) is 4.79 Å². The lowest BCUT2D eigenvalue weighted by Crippen LogP contribution is -2.50. The Labute approximate surface area is 146 Å². The molecular weight excluding hydrogens is 358 g/mol. The van der Waals surface area contributed by atoms with Gasteiger partial charge in [0, 0.05) is 31.9 Å². The average molecular weight is 384 g/mol. The summed E-state index contributed by atoms with van der Waals surface area (Å²) in [6.45, 7) is 8.02. The highest BCUT2D eigenvalue weighted by atomic mass is 79.9. The highest BCUT2D eigenvalue weighted by molar-refractivity contribution is 9.10. The zero-order valence-electron chi connectivity index (χ0n) is 14.1. The third kappa shape index (κ3) is 6.11. The van der Waals surface area contributed by atoms with Gasteiger partial charge in [-0.3, -0.25) is 0 Å². The molecule has 5 nitrogen and oxygen atoms in total. The van der Waals surface area contributed by atoms with Crippen LogP contribution in [0.25, 0.3) is 0 Å². The molecule has 0 radical (unpaired) electrons. The molecule has 1 aromatic rings. The van der Waals surface area contributed by atoms with Gasteiger partial charge in [-0.25, -0.2) is 9.78 Å². The van der Waals surface area contributed by atoms with Crippen LogP contribution in [0.1, 0.15) is 45.6 Å². The Kier molecular flexibility index (Phi) is 6.41. The quantitative estimate of drug-likeness (QED) is 0.804. The van der Waals surface area contributed by atoms with E-state index in [0.717, 1.165) is 49.1 Å². The highest BCUT2D eigenvalue weighted by Crippen LogP contribution is 2.20. The molecule has 1 aliphatic rings. The van der Waals surface area contributed by atoms with E-state index in [4.69, 9.17) is 4.74 Å². The van der Waals surface area contributed by atoms with Gasteiger partial charge < -0.3 is 15.0 Å². The lowest BCUT2D eigenvalue weighted by molar-refractivity contribution is 0.00993. The van der Waals surface area contributed by atoms with Crippen LogP contribution in [0.2, 0.25) is 0 Å². The maximum atomic E-state index is 12.4. The largest absolute Gasteiger partial charge is 0.444 e. The number of rotatable bonds is 4. The molecule has 2 rings (SSSR count). The lowest BCUT2D eigenvalue weighted by Gasteiger charge is -2.37. The molecule has 1 fully saturated rings. The van der Waals surface area contributed by atoms with Crippen LogP contribution >= 0.6 is 15.9 Å². The number of carbonyl (C=O) groups is 1. The van der Waals surface area contributed by atoms with Gasteiger partial charge in [-0.15, -0.1) is 0 Å². The van der Waals surface area contributed by atoms with E-state index in [1.807, 2.05) is 44.0 Å². The Bertz CT molecular complexity index is 514. The van der Waals surface area contributed by atoms with E-state index in [-0.39, 0.29) is 12.1 Å². The minimum absolute atomic E-state index is 0.196. The third-order valence-electron chi connectivity index (χ3n) is 3.75. The first-order valence-electron chi connectivity index (χ1n) is 8.16. The summed E-state index contributed by atoms with van der Waals surface area (Å²) >= 11 is 3.33. The van der Waals surface area contributed by atoms with Crippen molar-refractivity contribution in [3.63, 3.8) is 0 Å². The molecule has 0 aromatic carbocycles. The van der Waals surface area contributed by atoms with Crippen LogP contribution in [0.15, 0.2) is 22.9 Å². The molecule has 0 spiro atoms. The standard InChI is InChI=1S/C17H26BrN3O2/c1-17(2,3)23-16(22)21-9-5-4-6-14(21)12-19-10-13-7-8-15(18)20-11-13/h7-8,11,14,19H,4-6,9-10,12H2,1-3H3. The van der Waals surface area contributed by atoms with E-state index in [2.05, 4.69) is 26.2 Å². The number of halogens is 1. The van der Waals surface area contributed by atoms with Crippen molar-refractivity contribution in [1.82, 2.24) is 15.2 Å². The summed E-state index contributed by atoms with van der Waals surface area (Å²) in [5.74, 6) is 0. The summed E-state index contributed by atoms with van der Waals surface area (Å²) in [7, 11) is 0. The maximum Gasteiger partial charge on any atom is 0.410 e. The fourth-order valence-electron chi connectivity index (χ4n) is 2.67. The van der Waals surface area contributed by atoms with Gasteiger partial charge in [-0.05, 0) is 67.6 Å². The van der Waals surface area contributed by atoms with Crippen LogP contribution in [0.5, 0.6) is 0 Å². The van der Waals surface area contributed by atoms with E-state index in [1.54, 1.807) is 0 Å². The summed E-state index contributed by atoms with van der Waals surface area (Å²) in [5, 5.41) is 3.43. The average Bonchev–Trinajstić information content (AvgIpc) is 2.48. The minimum Gasteiger partial charge on any atom is -0.444 e. The van der Waals surface area contributed by atoms with Crippen LogP contribution in [-0.2, 0) is 11.3 Å². The second kappa shape index (κ2) is 8.11. The van der Waals surface area contributed by atoms with Crippen LogP contribution in [0, 0.1) is 0 Å². The molecule has 1 N–H and O–H groups in total. The van der Waals surface area contributed by atoms with Gasteiger partial charge in [-0.2, -0.15) is 0 Å². The number of hydrogen-bond acceptors (Lipinski definition) is 4. The van der Waals surface area contributed by atoms with Gasteiger partial charge in [0.1, 0.15) is 10.2 Å². The van der Waals surface area contributed by atoms with Crippen molar-refractivity contribution in [3.05, 3.63) is 28.5 Å². The van der Waals surface area contributed by atoms with Crippen LogP contribution in [0.3, 0.4) is 0 Å². The van der Waals surface area contributed by atoms with E-state index in [0.29, 0.717) is 0 Å². The predicted octanol–water partition coefficient (Wildman–Crippen LogP) is 3.72. The van der Waals surface area contributed by atoms with Crippen molar-refractivity contribution in [3.8, 4) is 0 Å². The Morgan fingerprint density at radius 2 is 2.22 bits per heavy atom. The fraction of sp³-hybridized carbons (Fsp3) is 0.647. The number of carbonyl (C=O) groups excluding carboxylic acids is 1. The summed E-state index contributed by atoms with van der Waals surface area (Å²) in [4.78, 5) is 18.5. The minimum atomic E-state index is -0.449. The van der Waals surface area contributed by atoms with Crippen molar-refractivity contribution < 1.29 is 9.53 Å². The Balaban J connectivity index is 1.86. The molecule has 6 heteroatoms. The molecule has 128 valence electrons. The summed E-state index contributed by atoms with van der Waals surface area (Å²) in [5.41, 5.74) is 0.683. The molecule has 1 aliphatic heterocycles. The number of ether oxygens (including phenoxy) is 1. The molecule has 1 unspecified atom stereocenters. The van der Waals surface area contributed by atoms with Crippen molar-refractivity contribution in [1.29, 1.82) is 0 Å². The normalized spacial score (nSPS) is 18.8. The number of piperidine rings is 1. The van der Waals surface area contributed by atoms with Crippen molar-refractivity contribution in [2.75, 3.05) is 13.1 Å². The lowest BCUT2D eigenvalue weighted by atomic mass is 10.0. The number of pyridine rings is 1. The molecule has 0 bridgehead atoms. The Hall–Kier alpha value is -1.14. The summed E-state index contributed by atoms with van der Waals surface area (Å²) in [6, 6.07) is 4.17. The number of nitrogens with zero attached hydrogens (tertiary/aromatic N) is 2. The van der Waals surface area contributed by atoms with Gasteiger partial charge in [0.15, 0.2) is 0 Å². The maximum absolute atomic E-state index is 12.4. The molecular formula is C17H26BrN3O2. The van der Waals surface area contributed by atoms with Gasteiger partial charge in [0.05, 0.1) is 0 Å². The summed E-state index contributed by atoms with van der Waals surface area (Å²) in [6.07, 6.45) is 4.88. The third-order valence-corrected chi connectivity index (χ3v) is 4.22. The number of likely N-dealkylation sites (tertiary alicyclic amines) is 1. The predicted molar refractivity (Wildman–Crippen MR) is 94.2 cm³/mol. The van der Waals surface area contributed by atoms with Crippen molar-refractivity contribution >= 4 is 22.0 Å². The topological polar surface area (TPSA) is 54.5 Å². The zero-order valence-corrected chi connectivity index (χ0v) is 15.7. The second-order valence-electron chi connectivity index (χ2n) is 6.94. The van der Waals surface area contributed by atoms with E-state index >= 15 is 0 Å². The molecule has 0 aliphatic carbocycles. The first-order valence-corrected chi connectivity index (χ1v) is 8.95. The smallest absolute Gasteiger partial charge is 0.410 e. The zero-order chi connectivity index (χ0) is 16.9. The van der Waals surface area contributed by atoms with Crippen molar-refractivity contribution in [2.24, 2.45) is 0 Å². The van der Waals surface area contributed by atoms with Gasteiger partial charge in [0.25, 0.3) is 0 Å². The Morgan fingerprint density at radius 1 is 1.43 bits per heavy atom. The van der Waals surface area contributed by atoms with Crippen LogP contribution < -0.4 is 5.32 Å². The molecule has 2 heterocycles. The molecule has 1 aromatic heterocycles. The molecule has 1 atom stereocenters. The number of hydrogen-bond donors (Lipinski definition) is 1. The Morgan fingerprint density at radius 3 is 2.87 bits per heavy atom. The molecule has 23 heavy (non-hydrogen) atoms. The van der Waals surface area contributed by atoms with Gasteiger partial charge in [-0.1, -0.05) is 6.07 Å². The van der Waals surface area contributed by atoms with Crippen molar-refractivity contribution in [2.45, 2.75) is 58.2 Å². The number of nitrogens with one attached hydrogen (secondary N) is 1.